The minimum Gasteiger partial charge on any atom is -0.369 e. The van der Waals surface area contributed by atoms with Crippen LogP contribution in [-0.4, -0.2) is 12.4 Å². The molecule has 1 aliphatic heterocycles. The van der Waals surface area contributed by atoms with E-state index in [9.17, 15) is 0 Å². The van der Waals surface area contributed by atoms with Crippen LogP contribution in [0.4, 0.5) is 0 Å². The van der Waals surface area contributed by atoms with Crippen molar-refractivity contribution in [2.24, 2.45) is 4.99 Å². The normalized spacial score (nSPS) is 20.7. The lowest BCUT2D eigenvalue weighted by molar-refractivity contribution is 0.824. The highest BCUT2D eigenvalue weighted by atomic mass is 15.0. The van der Waals surface area contributed by atoms with Crippen molar-refractivity contribution in [1.29, 1.82) is 0 Å². The average molecular weight is 172 g/mol. The molecule has 1 aliphatic rings. The quantitative estimate of drug-likeness (QED) is 0.688. The highest BCUT2D eigenvalue weighted by Gasteiger charge is 2.10. The first-order valence-corrected chi connectivity index (χ1v) is 4.41. The summed E-state index contributed by atoms with van der Waals surface area (Å²) in [4.78, 5) is 4.09. The van der Waals surface area contributed by atoms with Gasteiger partial charge in [0.2, 0.25) is 0 Å². The van der Waals surface area contributed by atoms with Gasteiger partial charge < -0.3 is 5.32 Å². The highest BCUT2D eigenvalue weighted by molar-refractivity contribution is 5.76. The molecule has 0 saturated heterocycles. The number of benzene rings is 1. The predicted octanol–water partition coefficient (Wildman–Crippen LogP) is 2.05. The Hall–Kier alpha value is -1.57. The summed E-state index contributed by atoms with van der Waals surface area (Å²) in [6, 6.07) is 10.7. The SMILES string of the molecule is CC1NC=NC=C1c1ccccc1. The Morgan fingerprint density at radius 3 is 2.69 bits per heavy atom. The van der Waals surface area contributed by atoms with Crippen molar-refractivity contribution in [2.75, 3.05) is 0 Å². The van der Waals surface area contributed by atoms with Crippen LogP contribution < -0.4 is 5.32 Å². The van der Waals surface area contributed by atoms with Crippen LogP contribution in [0.1, 0.15) is 12.5 Å². The van der Waals surface area contributed by atoms with E-state index in [0.717, 1.165) is 0 Å². The van der Waals surface area contributed by atoms with E-state index in [1.807, 2.05) is 24.4 Å². The Labute approximate surface area is 78.0 Å². The van der Waals surface area contributed by atoms with E-state index in [4.69, 9.17) is 0 Å². The van der Waals surface area contributed by atoms with Gasteiger partial charge in [0.15, 0.2) is 0 Å². The van der Waals surface area contributed by atoms with Gasteiger partial charge in [-0.05, 0) is 18.1 Å². The van der Waals surface area contributed by atoms with Gasteiger partial charge in [0.25, 0.3) is 0 Å². The number of hydrogen-bond acceptors (Lipinski definition) is 2. The van der Waals surface area contributed by atoms with Crippen LogP contribution in [-0.2, 0) is 0 Å². The van der Waals surface area contributed by atoms with Crippen LogP contribution in [0.2, 0.25) is 0 Å². The summed E-state index contributed by atoms with van der Waals surface area (Å²) >= 11 is 0. The van der Waals surface area contributed by atoms with Gasteiger partial charge in [0, 0.05) is 6.20 Å². The van der Waals surface area contributed by atoms with E-state index in [1.54, 1.807) is 6.34 Å². The van der Waals surface area contributed by atoms with Crippen molar-refractivity contribution in [1.82, 2.24) is 5.32 Å². The summed E-state index contributed by atoms with van der Waals surface area (Å²) in [5.41, 5.74) is 2.47. The zero-order chi connectivity index (χ0) is 9.10. The van der Waals surface area contributed by atoms with Crippen molar-refractivity contribution in [3.63, 3.8) is 0 Å². The summed E-state index contributed by atoms with van der Waals surface area (Å²) in [5, 5.41) is 3.17. The van der Waals surface area contributed by atoms with E-state index in [2.05, 4.69) is 29.4 Å². The Morgan fingerprint density at radius 2 is 2.00 bits per heavy atom. The number of nitrogens with zero attached hydrogens (tertiary/aromatic N) is 1. The predicted molar refractivity (Wildman–Crippen MR) is 55.5 cm³/mol. The second-order valence-electron chi connectivity index (χ2n) is 3.12. The van der Waals surface area contributed by atoms with Crippen molar-refractivity contribution < 1.29 is 0 Å². The van der Waals surface area contributed by atoms with Crippen molar-refractivity contribution in [3.05, 3.63) is 42.1 Å². The molecular formula is C11H12N2. The molecule has 0 radical (unpaired) electrons. The molecule has 1 heterocycles. The molecule has 0 bridgehead atoms. The van der Waals surface area contributed by atoms with Crippen molar-refractivity contribution in [2.45, 2.75) is 13.0 Å². The Morgan fingerprint density at radius 1 is 1.23 bits per heavy atom. The summed E-state index contributed by atoms with van der Waals surface area (Å²) < 4.78 is 0. The zero-order valence-electron chi connectivity index (χ0n) is 7.57. The van der Waals surface area contributed by atoms with Gasteiger partial charge >= 0.3 is 0 Å². The number of nitrogens with one attached hydrogen (secondary N) is 1. The maximum atomic E-state index is 4.09. The minimum atomic E-state index is 0.347. The molecule has 0 amide bonds. The lowest BCUT2D eigenvalue weighted by Gasteiger charge is -2.18. The molecule has 1 atom stereocenters. The summed E-state index contributed by atoms with van der Waals surface area (Å²) in [6.07, 6.45) is 3.65. The molecule has 1 aromatic rings. The Kier molecular flexibility index (Phi) is 2.13. The number of rotatable bonds is 1. The topological polar surface area (TPSA) is 24.4 Å². The number of aliphatic imine (C=N–C) groups is 1. The summed E-state index contributed by atoms with van der Waals surface area (Å²) in [6.45, 7) is 2.13. The average Bonchev–Trinajstić information content (AvgIpc) is 2.20. The van der Waals surface area contributed by atoms with Gasteiger partial charge in [-0.25, -0.2) is 4.99 Å². The first-order valence-electron chi connectivity index (χ1n) is 4.41. The molecule has 0 aliphatic carbocycles. The van der Waals surface area contributed by atoms with Crippen LogP contribution in [0.15, 0.2) is 41.5 Å². The molecule has 1 N–H and O–H groups in total. The van der Waals surface area contributed by atoms with E-state index < -0.39 is 0 Å². The molecule has 66 valence electrons. The molecule has 0 spiro atoms. The smallest absolute Gasteiger partial charge is 0.0883 e. The maximum Gasteiger partial charge on any atom is 0.0883 e. The first kappa shape index (κ1) is 8.05. The fraction of sp³-hybridized carbons (Fsp3) is 0.182. The fourth-order valence-corrected chi connectivity index (χ4v) is 1.43. The van der Waals surface area contributed by atoms with Crippen molar-refractivity contribution >= 4 is 11.9 Å². The van der Waals surface area contributed by atoms with Crippen LogP contribution in [0.25, 0.3) is 5.57 Å². The van der Waals surface area contributed by atoms with E-state index in [1.165, 1.54) is 11.1 Å². The third-order valence-electron chi connectivity index (χ3n) is 2.19. The minimum absolute atomic E-state index is 0.347. The monoisotopic (exact) mass is 172 g/mol. The van der Waals surface area contributed by atoms with Gasteiger partial charge in [-0.1, -0.05) is 30.3 Å². The molecule has 0 fully saturated rings. The standard InChI is InChI=1S/C11H12N2/c1-9-11(7-12-8-13-9)10-5-3-2-4-6-10/h2-9H,1H3,(H,12,13). The van der Waals surface area contributed by atoms with Crippen LogP contribution >= 0.6 is 0 Å². The molecular weight excluding hydrogens is 160 g/mol. The number of hydrogen-bond donors (Lipinski definition) is 1. The lowest BCUT2D eigenvalue weighted by Crippen LogP contribution is -2.27. The molecule has 1 unspecified atom stereocenters. The van der Waals surface area contributed by atoms with E-state index >= 15 is 0 Å². The van der Waals surface area contributed by atoms with Crippen LogP contribution in [0, 0.1) is 0 Å². The van der Waals surface area contributed by atoms with Gasteiger partial charge in [-0.3, -0.25) is 0 Å². The molecule has 1 aromatic carbocycles. The van der Waals surface area contributed by atoms with Gasteiger partial charge in [0.1, 0.15) is 0 Å². The van der Waals surface area contributed by atoms with Gasteiger partial charge in [0.05, 0.1) is 12.4 Å². The molecule has 13 heavy (non-hydrogen) atoms. The maximum absolute atomic E-state index is 4.09. The molecule has 0 saturated carbocycles. The van der Waals surface area contributed by atoms with Gasteiger partial charge in [-0.2, -0.15) is 0 Å². The second-order valence-corrected chi connectivity index (χ2v) is 3.12. The highest BCUT2D eigenvalue weighted by Crippen LogP contribution is 2.19. The lowest BCUT2D eigenvalue weighted by atomic mass is 10.0. The summed E-state index contributed by atoms with van der Waals surface area (Å²) in [5.74, 6) is 0. The van der Waals surface area contributed by atoms with Crippen LogP contribution in [0.3, 0.4) is 0 Å². The largest absolute Gasteiger partial charge is 0.369 e. The van der Waals surface area contributed by atoms with E-state index in [-0.39, 0.29) is 0 Å². The fourth-order valence-electron chi connectivity index (χ4n) is 1.43. The third-order valence-corrected chi connectivity index (χ3v) is 2.19. The second kappa shape index (κ2) is 3.44. The van der Waals surface area contributed by atoms with Gasteiger partial charge in [-0.15, -0.1) is 0 Å². The molecule has 0 aromatic heterocycles. The van der Waals surface area contributed by atoms with Crippen LogP contribution in [0.5, 0.6) is 0 Å². The Balaban J connectivity index is 2.35. The van der Waals surface area contributed by atoms with E-state index in [0.29, 0.717) is 6.04 Å². The first-order chi connectivity index (χ1) is 6.38. The molecule has 2 rings (SSSR count). The molecule has 2 heteroatoms. The Bertz CT molecular complexity index is 338. The third kappa shape index (κ3) is 1.61. The summed E-state index contributed by atoms with van der Waals surface area (Å²) in [7, 11) is 0. The van der Waals surface area contributed by atoms with Crippen molar-refractivity contribution in [3.8, 4) is 0 Å². The molecule has 2 nitrogen and oxygen atoms in total. The zero-order valence-corrected chi connectivity index (χ0v) is 7.57.